The van der Waals surface area contributed by atoms with E-state index >= 15 is 0 Å². The quantitative estimate of drug-likeness (QED) is 0.728. The van der Waals surface area contributed by atoms with Crippen LogP contribution in [0.3, 0.4) is 0 Å². The second-order valence-electron chi connectivity index (χ2n) is 6.15. The summed E-state index contributed by atoms with van der Waals surface area (Å²) >= 11 is 0. The van der Waals surface area contributed by atoms with Crippen LogP contribution >= 0.6 is 0 Å². The van der Waals surface area contributed by atoms with Gasteiger partial charge in [0.05, 0.1) is 6.10 Å². The van der Waals surface area contributed by atoms with Crippen LogP contribution in [0.2, 0.25) is 0 Å². The van der Waals surface area contributed by atoms with Crippen LogP contribution in [0, 0.1) is 0 Å². The monoisotopic (exact) mass is 263 g/mol. The highest BCUT2D eigenvalue weighted by atomic mass is 19.3. The SMILES string of the molecule is CC(C)(C)OC(=O)N1C2C[C@@H](O)CC1C(F)(F)C2. The highest BCUT2D eigenvalue weighted by Gasteiger charge is 2.59. The van der Waals surface area contributed by atoms with Gasteiger partial charge in [-0.05, 0) is 33.6 Å². The van der Waals surface area contributed by atoms with Gasteiger partial charge in [0.2, 0.25) is 0 Å². The molecule has 0 aromatic rings. The fraction of sp³-hybridized carbons (Fsp3) is 0.917. The summed E-state index contributed by atoms with van der Waals surface area (Å²) in [6, 6.07) is -1.86. The molecule has 2 bridgehead atoms. The van der Waals surface area contributed by atoms with Gasteiger partial charge in [-0.1, -0.05) is 0 Å². The number of hydrogen-bond donors (Lipinski definition) is 1. The zero-order valence-electron chi connectivity index (χ0n) is 10.8. The summed E-state index contributed by atoms with van der Waals surface area (Å²) in [6.45, 7) is 5.09. The topological polar surface area (TPSA) is 49.8 Å². The zero-order chi connectivity index (χ0) is 13.7. The van der Waals surface area contributed by atoms with Crippen molar-refractivity contribution in [1.82, 2.24) is 4.90 Å². The molecular weight excluding hydrogens is 244 g/mol. The molecule has 3 atom stereocenters. The Morgan fingerprint density at radius 2 is 2.00 bits per heavy atom. The molecule has 18 heavy (non-hydrogen) atoms. The van der Waals surface area contributed by atoms with E-state index in [4.69, 9.17) is 4.74 Å². The van der Waals surface area contributed by atoms with Crippen molar-refractivity contribution >= 4 is 6.09 Å². The van der Waals surface area contributed by atoms with Crippen LogP contribution in [0.4, 0.5) is 13.6 Å². The minimum atomic E-state index is -2.93. The number of hydrogen-bond acceptors (Lipinski definition) is 3. The molecule has 4 nitrogen and oxygen atoms in total. The normalized spacial score (nSPS) is 34.6. The maximum Gasteiger partial charge on any atom is 0.411 e. The number of alkyl halides is 2. The lowest BCUT2D eigenvalue weighted by Gasteiger charge is -2.37. The molecule has 1 amide bonds. The molecule has 2 rings (SSSR count). The molecule has 0 aromatic carbocycles. The molecule has 2 saturated heterocycles. The first-order valence-corrected chi connectivity index (χ1v) is 6.17. The largest absolute Gasteiger partial charge is 0.444 e. The Kier molecular flexibility index (Phi) is 3.04. The van der Waals surface area contributed by atoms with Gasteiger partial charge in [-0.15, -0.1) is 0 Å². The van der Waals surface area contributed by atoms with Crippen LogP contribution in [-0.4, -0.2) is 45.8 Å². The van der Waals surface area contributed by atoms with E-state index in [1.807, 2.05) is 0 Å². The summed E-state index contributed by atoms with van der Waals surface area (Å²) in [5.41, 5.74) is -0.706. The highest BCUT2D eigenvalue weighted by molar-refractivity contribution is 5.70. The first kappa shape index (κ1) is 13.5. The maximum absolute atomic E-state index is 13.8. The van der Waals surface area contributed by atoms with Gasteiger partial charge >= 0.3 is 6.09 Å². The Hall–Kier alpha value is -0.910. The van der Waals surface area contributed by atoms with Crippen LogP contribution in [0.25, 0.3) is 0 Å². The Morgan fingerprint density at radius 3 is 2.50 bits per heavy atom. The van der Waals surface area contributed by atoms with Gasteiger partial charge in [0, 0.05) is 12.5 Å². The van der Waals surface area contributed by atoms with E-state index in [9.17, 15) is 18.7 Å². The average Bonchev–Trinajstić information content (AvgIpc) is 2.28. The molecule has 0 radical (unpaired) electrons. The minimum absolute atomic E-state index is 0.0806. The van der Waals surface area contributed by atoms with Crippen molar-refractivity contribution in [1.29, 1.82) is 0 Å². The summed E-state index contributed by atoms with van der Waals surface area (Å²) in [5.74, 6) is -2.93. The molecule has 2 heterocycles. The fourth-order valence-electron chi connectivity index (χ4n) is 2.75. The smallest absolute Gasteiger partial charge is 0.411 e. The maximum atomic E-state index is 13.8. The molecule has 0 aliphatic carbocycles. The van der Waals surface area contributed by atoms with Gasteiger partial charge in [-0.2, -0.15) is 0 Å². The molecule has 6 heteroatoms. The summed E-state index contributed by atoms with van der Waals surface area (Å²) in [6.07, 6.45) is -1.73. The number of fused-ring (bicyclic) bond motifs is 2. The number of aliphatic hydroxyl groups excluding tert-OH is 1. The predicted octanol–water partition coefficient (Wildman–Crippen LogP) is 2.15. The first-order chi connectivity index (χ1) is 8.10. The molecule has 1 N–H and O–H groups in total. The van der Waals surface area contributed by atoms with Crippen molar-refractivity contribution < 1.29 is 23.4 Å². The van der Waals surface area contributed by atoms with Crippen LogP contribution < -0.4 is 0 Å². The molecule has 2 aliphatic heterocycles. The summed E-state index contributed by atoms with van der Waals surface area (Å²) < 4.78 is 32.7. The fourth-order valence-corrected chi connectivity index (χ4v) is 2.75. The zero-order valence-corrected chi connectivity index (χ0v) is 10.8. The number of aliphatic hydroxyl groups is 1. The Morgan fingerprint density at radius 1 is 1.39 bits per heavy atom. The molecule has 0 saturated carbocycles. The third-order valence-corrected chi connectivity index (χ3v) is 3.37. The predicted molar refractivity (Wildman–Crippen MR) is 60.5 cm³/mol. The third kappa shape index (κ3) is 2.43. The van der Waals surface area contributed by atoms with E-state index < -0.39 is 35.8 Å². The van der Waals surface area contributed by atoms with Crippen LogP contribution in [0.5, 0.6) is 0 Å². The van der Waals surface area contributed by atoms with E-state index in [0.717, 1.165) is 4.90 Å². The first-order valence-electron chi connectivity index (χ1n) is 6.17. The summed E-state index contributed by atoms with van der Waals surface area (Å²) in [7, 11) is 0. The molecule has 0 aromatic heterocycles. The van der Waals surface area contributed by atoms with Crippen LogP contribution in [0.1, 0.15) is 40.0 Å². The number of amides is 1. The molecule has 2 fully saturated rings. The number of carbonyl (C=O) groups is 1. The van der Waals surface area contributed by atoms with Crippen LogP contribution in [-0.2, 0) is 4.74 Å². The van der Waals surface area contributed by atoms with Gasteiger partial charge in [-0.3, -0.25) is 4.90 Å². The van der Waals surface area contributed by atoms with Gasteiger partial charge in [0.1, 0.15) is 11.6 Å². The van der Waals surface area contributed by atoms with Crippen molar-refractivity contribution in [2.24, 2.45) is 0 Å². The minimum Gasteiger partial charge on any atom is -0.444 e. The number of ether oxygens (including phenoxy) is 1. The van der Waals surface area contributed by atoms with E-state index in [-0.39, 0.29) is 19.3 Å². The highest BCUT2D eigenvalue weighted by Crippen LogP contribution is 2.46. The number of carbonyl (C=O) groups excluding carboxylic acids is 1. The Balaban J connectivity index is 2.17. The molecule has 0 spiro atoms. The van der Waals surface area contributed by atoms with Crippen molar-refractivity contribution in [2.75, 3.05) is 0 Å². The van der Waals surface area contributed by atoms with E-state index in [2.05, 4.69) is 0 Å². The van der Waals surface area contributed by atoms with Gasteiger partial charge in [0.15, 0.2) is 0 Å². The second-order valence-corrected chi connectivity index (χ2v) is 6.15. The van der Waals surface area contributed by atoms with Crippen molar-refractivity contribution in [3.63, 3.8) is 0 Å². The average molecular weight is 263 g/mol. The van der Waals surface area contributed by atoms with Gasteiger partial charge < -0.3 is 9.84 Å². The number of piperidine rings is 1. The van der Waals surface area contributed by atoms with Crippen molar-refractivity contribution in [3.05, 3.63) is 0 Å². The summed E-state index contributed by atoms with van der Waals surface area (Å²) in [4.78, 5) is 13.1. The molecule has 2 aliphatic rings. The molecule has 2 unspecified atom stereocenters. The van der Waals surface area contributed by atoms with E-state index in [1.54, 1.807) is 20.8 Å². The number of halogens is 2. The van der Waals surface area contributed by atoms with Crippen molar-refractivity contribution in [3.8, 4) is 0 Å². The molecular formula is C12H19F2NO3. The second kappa shape index (κ2) is 4.05. The summed E-state index contributed by atoms with van der Waals surface area (Å²) in [5, 5.41) is 9.54. The molecule has 104 valence electrons. The van der Waals surface area contributed by atoms with Crippen molar-refractivity contribution in [2.45, 2.75) is 69.7 Å². The van der Waals surface area contributed by atoms with E-state index in [0.29, 0.717) is 0 Å². The van der Waals surface area contributed by atoms with Gasteiger partial charge in [-0.25, -0.2) is 13.6 Å². The van der Waals surface area contributed by atoms with E-state index in [1.165, 1.54) is 0 Å². The lowest BCUT2D eigenvalue weighted by molar-refractivity contribution is -0.0634. The standard InChI is InChI=1S/C12H19F2NO3/c1-11(2,3)18-10(17)15-7-4-8(16)5-9(15)12(13,14)6-7/h7-9,16H,4-6H2,1-3H3/t7?,8-,9?/m1/s1. The Labute approximate surface area is 105 Å². The number of nitrogens with zero attached hydrogens (tertiary/aromatic N) is 1. The Bertz CT molecular complexity index is 354. The van der Waals surface area contributed by atoms with Gasteiger partial charge in [0.25, 0.3) is 5.92 Å². The third-order valence-electron chi connectivity index (χ3n) is 3.37. The lowest BCUT2D eigenvalue weighted by Crippen LogP contribution is -2.52. The van der Waals surface area contributed by atoms with Crippen LogP contribution in [0.15, 0.2) is 0 Å². The number of rotatable bonds is 0. The lowest BCUT2D eigenvalue weighted by atomic mass is 10.00.